The Kier molecular flexibility index (Phi) is 7.38. The first kappa shape index (κ1) is 30.4. The molecule has 0 heterocycles. The van der Waals surface area contributed by atoms with Crippen LogP contribution in [0.25, 0.3) is 0 Å². The first-order chi connectivity index (χ1) is 21.0. The van der Waals surface area contributed by atoms with Crippen LogP contribution >= 0.6 is 0 Å². The van der Waals surface area contributed by atoms with Crippen molar-refractivity contribution in [1.82, 2.24) is 0 Å². The number of fused-ring (bicyclic) bond motifs is 9. The van der Waals surface area contributed by atoms with Gasteiger partial charge in [-0.2, -0.15) is 0 Å². The molecule has 0 bridgehead atoms. The highest BCUT2D eigenvalue weighted by molar-refractivity contribution is 5.93. The molecule has 4 fully saturated rings. The van der Waals surface area contributed by atoms with Gasteiger partial charge in [-0.3, -0.25) is 9.59 Å². The van der Waals surface area contributed by atoms with Crippen LogP contribution in [0.5, 0.6) is 0 Å². The van der Waals surface area contributed by atoms with E-state index in [9.17, 15) is 19.8 Å². The first-order valence-corrected chi connectivity index (χ1v) is 17.8. The van der Waals surface area contributed by atoms with Gasteiger partial charge in [-0.1, -0.05) is 44.4 Å². The summed E-state index contributed by atoms with van der Waals surface area (Å²) in [6.07, 6.45) is 28.9. The van der Waals surface area contributed by atoms with Crippen LogP contribution in [0.1, 0.15) is 117 Å². The molecular weight excluding hydrogens is 544 g/mol. The molecule has 0 amide bonds. The summed E-state index contributed by atoms with van der Waals surface area (Å²) in [5.41, 5.74) is 4.69. The minimum atomic E-state index is -1.00. The number of carbonyl (C=O) groups is 2. The Morgan fingerprint density at radius 2 is 1.64 bits per heavy atom. The van der Waals surface area contributed by atoms with Crippen LogP contribution in [0.3, 0.4) is 0 Å². The van der Waals surface area contributed by atoms with E-state index in [1.165, 1.54) is 48.0 Å². The van der Waals surface area contributed by atoms with Crippen LogP contribution in [0, 0.1) is 58.2 Å². The van der Waals surface area contributed by atoms with Gasteiger partial charge in [0.1, 0.15) is 5.60 Å². The zero-order chi connectivity index (χ0) is 31.1. The maximum absolute atomic E-state index is 11.8. The number of aliphatic hydroxyl groups is 2. The SMILES string of the molecule is C#C[C@]1(O)CC[C@H]2[C@@H]3CCC4=CC(=O)CCC4=C3C=C[C@@]21CC.C[C@]12CC[C@H]3[C@@H](CCC4=CC(=O)CC[C@@]43C)[C@@H]1CC[C@@H]2O. The summed E-state index contributed by atoms with van der Waals surface area (Å²) >= 11 is 0. The Bertz CT molecular complexity index is 1420. The summed E-state index contributed by atoms with van der Waals surface area (Å²) in [5, 5.41) is 21.5. The largest absolute Gasteiger partial charge is 0.393 e. The van der Waals surface area contributed by atoms with Crippen LogP contribution in [0.15, 0.2) is 46.6 Å². The van der Waals surface area contributed by atoms with Gasteiger partial charge in [0.15, 0.2) is 11.6 Å². The summed E-state index contributed by atoms with van der Waals surface area (Å²) < 4.78 is 0. The molecule has 0 saturated heterocycles. The number of terminal acetylenes is 1. The van der Waals surface area contributed by atoms with Crippen molar-refractivity contribution in [2.75, 3.05) is 0 Å². The molecule has 8 aliphatic carbocycles. The molecule has 8 rings (SSSR count). The normalized spacial score (nSPS) is 47.0. The zero-order valence-electron chi connectivity index (χ0n) is 27.2. The highest BCUT2D eigenvalue weighted by Crippen LogP contribution is 2.65. The molecule has 0 aromatic rings. The molecule has 4 nitrogen and oxygen atoms in total. The third-order valence-electron chi connectivity index (χ3n) is 14.8. The van der Waals surface area contributed by atoms with Crippen LogP contribution in [0.2, 0.25) is 0 Å². The molecule has 0 spiro atoms. The van der Waals surface area contributed by atoms with Crippen molar-refractivity contribution < 1.29 is 19.8 Å². The molecule has 0 unspecified atom stereocenters. The van der Waals surface area contributed by atoms with E-state index in [1.54, 1.807) is 0 Å². The van der Waals surface area contributed by atoms with Crippen molar-refractivity contribution >= 4 is 11.6 Å². The van der Waals surface area contributed by atoms with E-state index < -0.39 is 5.60 Å². The molecule has 10 atom stereocenters. The fourth-order valence-electron chi connectivity index (χ4n) is 12.3. The molecular formula is C40H52O4. The summed E-state index contributed by atoms with van der Waals surface area (Å²) in [4.78, 5) is 23.5. The second-order valence-corrected chi connectivity index (χ2v) is 16.2. The third-order valence-corrected chi connectivity index (χ3v) is 14.8. The number of rotatable bonds is 1. The molecule has 0 aliphatic heterocycles. The van der Waals surface area contributed by atoms with Gasteiger partial charge in [0.25, 0.3) is 0 Å². The van der Waals surface area contributed by atoms with Crippen molar-refractivity contribution in [3.63, 3.8) is 0 Å². The lowest BCUT2D eigenvalue weighted by atomic mass is 9.47. The Morgan fingerprint density at radius 3 is 2.41 bits per heavy atom. The maximum Gasteiger partial charge on any atom is 0.156 e. The van der Waals surface area contributed by atoms with E-state index in [1.807, 2.05) is 12.2 Å². The lowest BCUT2D eigenvalue weighted by molar-refractivity contribution is -0.118. The molecule has 4 heteroatoms. The second-order valence-electron chi connectivity index (χ2n) is 16.2. The van der Waals surface area contributed by atoms with Crippen LogP contribution in [0.4, 0.5) is 0 Å². The van der Waals surface area contributed by atoms with Crippen LogP contribution < -0.4 is 0 Å². The van der Waals surface area contributed by atoms with E-state index in [-0.39, 0.29) is 28.1 Å². The lowest BCUT2D eigenvalue weighted by Gasteiger charge is -2.57. The molecule has 4 saturated carbocycles. The van der Waals surface area contributed by atoms with Crippen LogP contribution in [-0.4, -0.2) is 33.5 Å². The second kappa shape index (κ2) is 10.7. The predicted molar refractivity (Wildman–Crippen MR) is 173 cm³/mol. The fraction of sp³-hybridized carbons (Fsp3) is 0.700. The molecule has 2 N–H and O–H groups in total. The minimum Gasteiger partial charge on any atom is -0.393 e. The Hall–Kier alpha value is -2.22. The summed E-state index contributed by atoms with van der Waals surface area (Å²) in [6, 6.07) is 0. The standard InChI is InChI=1S/C21H24O2.C19H28O2/c1-3-20-11-9-17-16-8-6-15(22)13-14(16)5-7-18(17)19(20)10-12-21(20,23)4-2;1-18-9-7-13(20)11-12(18)3-4-14-15-5-6-17(21)19(15,2)10-8-16(14)18/h2,9,11,13,18-19,23H,3,5-8,10,12H2,1H3;11,14-17,21H,3-10H2,1-2H3/t18-,19+,20+,21+;14-,15-,16-,17-,18-,19-/m10/s1. The molecule has 8 aliphatic rings. The monoisotopic (exact) mass is 596 g/mol. The average molecular weight is 597 g/mol. The van der Waals surface area contributed by atoms with Crippen molar-refractivity contribution in [3.05, 3.63) is 46.6 Å². The third kappa shape index (κ3) is 4.24. The van der Waals surface area contributed by atoms with E-state index in [0.29, 0.717) is 36.4 Å². The van der Waals surface area contributed by atoms with Gasteiger partial charge in [-0.25, -0.2) is 0 Å². The Labute approximate surface area is 264 Å². The average Bonchev–Trinajstić information content (AvgIpc) is 3.50. The zero-order valence-corrected chi connectivity index (χ0v) is 27.2. The highest BCUT2D eigenvalue weighted by Gasteiger charge is 2.61. The number of hydrogen-bond acceptors (Lipinski definition) is 4. The Morgan fingerprint density at radius 1 is 0.864 bits per heavy atom. The van der Waals surface area contributed by atoms with Gasteiger partial charge >= 0.3 is 0 Å². The van der Waals surface area contributed by atoms with Crippen molar-refractivity contribution in [1.29, 1.82) is 0 Å². The van der Waals surface area contributed by atoms with E-state index in [2.05, 4.69) is 38.8 Å². The fourth-order valence-corrected chi connectivity index (χ4v) is 12.3. The number of hydrogen-bond donors (Lipinski definition) is 2. The van der Waals surface area contributed by atoms with Gasteiger partial charge in [0, 0.05) is 18.3 Å². The van der Waals surface area contributed by atoms with Crippen molar-refractivity contribution in [2.45, 2.75) is 129 Å². The number of carbonyl (C=O) groups excluding carboxylic acids is 2. The van der Waals surface area contributed by atoms with E-state index >= 15 is 0 Å². The van der Waals surface area contributed by atoms with Crippen molar-refractivity contribution in [2.24, 2.45) is 45.8 Å². The molecule has 0 radical (unpaired) electrons. The van der Waals surface area contributed by atoms with Crippen LogP contribution in [-0.2, 0) is 9.59 Å². The van der Waals surface area contributed by atoms with E-state index in [0.717, 1.165) is 69.6 Å². The van der Waals surface area contributed by atoms with Gasteiger partial charge in [0.2, 0.25) is 0 Å². The Balaban J connectivity index is 0.000000143. The topological polar surface area (TPSA) is 74.6 Å². The predicted octanol–water partition coefficient (Wildman–Crippen LogP) is 7.60. The smallest absolute Gasteiger partial charge is 0.156 e. The lowest BCUT2D eigenvalue weighted by Crippen LogP contribution is -2.51. The highest BCUT2D eigenvalue weighted by atomic mass is 16.3. The van der Waals surface area contributed by atoms with Gasteiger partial charge in [0.05, 0.1) is 6.10 Å². The number of allylic oxidation sites excluding steroid dienone is 6. The number of ketones is 2. The van der Waals surface area contributed by atoms with Crippen molar-refractivity contribution in [3.8, 4) is 12.3 Å². The first-order valence-electron chi connectivity index (χ1n) is 17.8. The number of aliphatic hydroxyl groups excluding tert-OH is 1. The molecule has 0 aromatic heterocycles. The molecule has 236 valence electrons. The maximum atomic E-state index is 11.8. The minimum absolute atomic E-state index is 0.0823. The van der Waals surface area contributed by atoms with Gasteiger partial charge in [-0.05, 0) is 153 Å². The summed E-state index contributed by atoms with van der Waals surface area (Å²) in [6.45, 7) is 6.91. The summed E-state index contributed by atoms with van der Waals surface area (Å²) in [7, 11) is 0. The van der Waals surface area contributed by atoms with Gasteiger partial charge in [-0.15, -0.1) is 6.42 Å². The van der Waals surface area contributed by atoms with Gasteiger partial charge < -0.3 is 10.2 Å². The van der Waals surface area contributed by atoms with E-state index in [4.69, 9.17) is 6.42 Å². The quantitative estimate of drug-likeness (QED) is 0.306. The molecule has 0 aromatic carbocycles. The molecule has 44 heavy (non-hydrogen) atoms. The summed E-state index contributed by atoms with van der Waals surface area (Å²) in [5.74, 6) is 6.49.